The molecule has 1 heterocycles. The van der Waals surface area contributed by atoms with E-state index in [4.69, 9.17) is 15.2 Å². The highest BCUT2D eigenvalue weighted by atomic mass is 16.5. The molecule has 96 valence electrons. The van der Waals surface area contributed by atoms with Gasteiger partial charge in [-0.2, -0.15) is 0 Å². The van der Waals surface area contributed by atoms with Gasteiger partial charge in [-0.05, 0) is 26.2 Å². The minimum absolute atomic E-state index is 0.352. The van der Waals surface area contributed by atoms with Gasteiger partial charge in [0.1, 0.15) is 0 Å². The molecule has 1 aliphatic heterocycles. The van der Waals surface area contributed by atoms with Gasteiger partial charge in [-0.1, -0.05) is 0 Å². The van der Waals surface area contributed by atoms with Crippen LogP contribution in [0, 0.1) is 0 Å². The Hall–Kier alpha value is -0.160. The van der Waals surface area contributed by atoms with Gasteiger partial charge in [-0.3, -0.25) is 4.90 Å². The van der Waals surface area contributed by atoms with Crippen LogP contribution in [0.3, 0.4) is 0 Å². The molecule has 1 rings (SSSR count). The smallest absolute Gasteiger partial charge is 0.0593 e. The Morgan fingerprint density at radius 1 is 1.25 bits per heavy atom. The van der Waals surface area contributed by atoms with Crippen LogP contribution >= 0.6 is 0 Å². The summed E-state index contributed by atoms with van der Waals surface area (Å²) >= 11 is 0. The first kappa shape index (κ1) is 13.9. The van der Waals surface area contributed by atoms with Crippen LogP contribution in [-0.2, 0) is 9.47 Å². The summed E-state index contributed by atoms with van der Waals surface area (Å²) in [4.78, 5) is 2.44. The van der Waals surface area contributed by atoms with Crippen molar-refractivity contribution in [3.05, 3.63) is 0 Å². The van der Waals surface area contributed by atoms with Crippen molar-refractivity contribution in [3.63, 3.8) is 0 Å². The highest BCUT2D eigenvalue weighted by molar-refractivity contribution is 4.80. The summed E-state index contributed by atoms with van der Waals surface area (Å²) in [7, 11) is 1.72. The molecule has 2 unspecified atom stereocenters. The Morgan fingerprint density at radius 3 is 2.81 bits per heavy atom. The van der Waals surface area contributed by atoms with Gasteiger partial charge in [0, 0.05) is 45.5 Å². The van der Waals surface area contributed by atoms with Crippen LogP contribution in [0.25, 0.3) is 0 Å². The largest absolute Gasteiger partial charge is 0.385 e. The number of ether oxygens (including phenoxy) is 2. The number of nitrogens with two attached hydrogens (primary N) is 1. The van der Waals surface area contributed by atoms with Crippen molar-refractivity contribution in [2.45, 2.75) is 38.3 Å². The van der Waals surface area contributed by atoms with Crippen molar-refractivity contribution in [1.29, 1.82) is 0 Å². The Kier molecular flexibility index (Phi) is 6.96. The molecule has 0 amide bonds. The molecular formula is C12H26N2O2. The first-order valence-electron chi connectivity index (χ1n) is 6.30. The van der Waals surface area contributed by atoms with Gasteiger partial charge < -0.3 is 15.2 Å². The normalized spacial score (nSPS) is 27.2. The molecule has 0 bridgehead atoms. The van der Waals surface area contributed by atoms with E-state index < -0.39 is 0 Å². The summed E-state index contributed by atoms with van der Waals surface area (Å²) in [6.45, 7) is 6.68. The molecule has 4 heteroatoms. The molecule has 1 saturated heterocycles. The molecule has 2 atom stereocenters. The van der Waals surface area contributed by atoms with Crippen LogP contribution in [0.1, 0.15) is 26.2 Å². The Labute approximate surface area is 99.1 Å². The van der Waals surface area contributed by atoms with Crippen LogP contribution in [0.15, 0.2) is 0 Å². The average Bonchev–Trinajstić information content (AvgIpc) is 2.28. The first-order valence-corrected chi connectivity index (χ1v) is 6.30. The topological polar surface area (TPSA) is 47.7 Å². The predicted octanol–water partition coefficient (Wildman–Crippen LogP) is 0.851. The third kappa shape index (κ3) is 5.25. The second kappa shape index (κ2) is 8.01. The minimum Gasteiger partial charge on any atom is -0.385 e. The molecule has 0 aromatic carbocycles. The van der Waals surface area contributed by atoms with E-state index in [2.05, 4.69) is 11.8 Å². The maximum Gasteiger partial charge on any atom is 0.0593 e. The van der Waals surface area contributed by atoms with Crippen molar-refractivity contribution in [2.24, 2.45) is 5.73 Å². The van der Waals surface area contributed by atoms with Gasteiger partial charge in [0.25, 0.3) is 0 Å². The van der Waals surface area contributed by atoms with E-state index in [0.717, 1.165) is 45.8 Å². The molecule has 0 aliphatic carbocycles. The zero-order valence-corrected chi connectivity index (χ0v) is 10.7. The Morgan fingerprint density at radius 2 is 2.06 bits per heavy atom. The van der Waals surface area contributed by atoms with E-state index >= 15 is 0 Å². The van der Waals surface area contributed by atoms with Crippen LogP contribution in [0.4, 0.5) is 0 Å². The van der Waals surface area contributed by atoms with Gasteiger partial charge >= 0.3 is 0 Å². The molecule has 1 fully saturated rings. The molecule has 0 radical (unpaired) electrons. The standard InChI is InChI=1S/C12H26N2O2/c1-11-4-5-12(13)10-14(11)6-9-16-8-3-7-15-2/h11-12H,3-10,13H2,1-2H3. The van der Waals surface area contributed by atoms with Gasteiger partial charge in [0.15, 0.2) is 0 Å². The quantitative estimate of drug-likeness (QED) is 0.659. The number of piperidine rings is 1. The monoisotopic (exact) mass is 230 g/mol. The molecular weight excluding hydrogens is 204 g/mol. The lowest BCUT2D eigenvalue weighted by molar-refractivity contribution is 0.0611. The minimum atomic E-state index is 0.352. The lowest BCUT2D eigenvalue weighted by Gasteiger charge is -2.36. The second-order valence-electron chi connectivity index (χ2n) is 4.64. The van der Waals surface area contributed by atoms with E-state index in [0.29, 0.717) is 12.1 Å². The summed E-state index contributed by atoms with van der Waals surface area (Å²) in [5, 5.41) is 0. The summed E-state index contributed by atoms with van der Waals surface area (Å²) in [6.07, 6.45) is 3.35. The van der Waals surface area contributed by atoms with E-state index in [1.165, 1.54) is 6.42 Å². The second-order valence-corrected chi connectivity index (χ2v) is 4.64. The fourth-order valence-corrected chi connectivity index (χ4v) is 2.11. The molecule has 2 N–H and O–H groups in total. The summed E-state index contributed by atoms with van der Waals surface area (Å²) in [5.41, 5.74) is 5.96. The van der Waals surface area contributed by atoms with E-state index in [-0.39, 0.29) is 0 Å². The fraction of sp³-hybridized carbons (Fsp3) is 1.00. The molecule has 0 aromatic rings. The number of likely N-dealkylation sites (tertiary alicyclic amines) is 1. The zero-order valence-electron chi connectivity index (χ0n) is 10.7. The van der Waals surface area contributed by atoms with E-state index in [9.17, 15) is 0 Å². The first-order chi connectivity index (χ1) is 7.74. The van der Waals surface area contributed by atoms with Crippen LogP contribution in [0.2, 0.25) is 0 Å². The Bertz CT molecular complexity index is 178. The lowest BCUT2D eigenvalue weighted by Crippen LogP contribution is -2.48. The van der Waals surface area contributed by atoms with Gasteiger partial charge in [0.2, 0.25) is 0 Å². The van der Waals surface area contributed by atoms with E-state index in [1.807, 2.05) is 0 Å². The lowest BCUT2D eigenvalue weighted by atomic mass is 10.0. The SMILES string of the molecule is COCCCOCCN1CC(N)CCC1C. The Balaban J connectivity index is 2.02. The number of methoxy groups -OCH3 is 1. The summed E-state index contributed by atoms with van der Waals surface area (Å²) in [6, 6.07) is 1.01. The van der Waals surface area contributed by atoms with Crippen LogP contribution in [0.5, 0.6) is 0 Å². The number of nitrogens with zero attached hydrogens (tertiary/aromatic N) is 1. The third-order valence-corrected chi connectivity index (χ3v) is 3.21. The fourth-order valence-electron chi connectivity index (χ4n) is 2.11. The van der Waals surface area contributed by atoms with Crippen molar-refractivity contribution >= 4 is 0 Å². The number of hydrogen-bond acceptors (Lipinski definition) is 4. The van der Waals surface area contributed by atoms with Crippen molar-refractivity contribution in [1.82, 2.24) is 4.90 Å². The highest BCUT2D eigenvalue weighted by Crippen LogP contribution is 2.15. The zero-order chi connectivity index (χ0) is 11.8. The molecule has 16 heavy (non-hydrogen) atoms. The number of rotatable bonds is 7. The van der Waals surface area contributed by atoms with Gasteiger partial charge in [-0.15, -0.1) is 0 Å². The highest BCUT2D eigenvalue weighted by Gasteiger charge is 2.22. The van der Waals surface area contributed by atoms with Crippen molar-refractivity contribution in [3.8, 4) is 0 Å². The van der Waals surface area contributed by atoms with Crippen molar-refractivity contribution < 1.29 is 9.47 Å². The molecule has 0 spiro atoms. The van der Waals surface area contributed by atoms with Crippen LogP contribution in [-0.4, -0.2) is 57.0 Å². The molecule has 0 aromatic heterocycles. The summed E-state index contributed by atoms with van der Waals surface area (Å²) < 4.78 is 10.5. The van der Waals surface area contributed by atoms with E-state index in [1.54, 1.807) is 7.11 Å². The maximum absolute atomic E-state index is 5.96. The molecule has 4 nitrogen and oxygen atoms in total. The average molecular weight is 230 g/mol. The maximum atomic E-state index is 5.96. The van der Waals surface area contributed by atoms with Gasteiger partial charge in [-0.25, -0.2) is 0 Å². The summed E-state index contributed by atoms with van der Waals surface area (Å²) in [5.74, 6) is 0. The molecule has 1 aliphatic rings. The van der Waals surface area contributed by atoms with Gasteiger partial charge in [0.05, 0.1) is 6.61 Å². The van der Waals surface area contributed by atoms with Crippen molar-refractivity contribution in [2.75, 3.05) is 40.0 Å². The third-order valence-electron chi connectivity index (χ3n) is 3.21. The molecule has 0 saturated carbocycles. The predicted molar refractivity (Wildman–Crippen MR) is 65.6 cm³/mol. The van der Waals surface area contributed by atoms with Crippen LogP contribution < -0.4 is 5.73 Å². The number of hydrogen-bond donors (Lipinski definition) is 1.